The molecule has 0 spiro atoms. The van der Waals surface area contributed by atoms with E-state index < -0.39 is 0 Å². The molecule has 2 aromatic heterocycles. The molecular weight excluding hydrogens is 390 g/mol. The zero-order valence-corrected chi connectivity index (χ0v) is 17.9. The number of fused-ring (bicyclic) bond motifs is 1. The van der Waals surface area contributed by atoms with Crippen molar-refractivity contribution in [2.24, 2.45) is 10.7 Å². The maximum Gasteiger partial charge on any atom is 0.208 e. The third kappa shape index (κ3) is 4.55. The first-order chi connectivity index (χ1) is 15.2. The van der Waals surface area contributed by atoms with Gasteiger partial charge in [0.05, 0.1) is 12.8 Å². The van der Waals surface area contributed by atoms with Crippen molar-refractivity contribution in [2.45, 2.75) is 25.8 Å². The van der Waals surface area contributed by atoms with Crippen LogP contribution in [0.5, 0.6) is 5.75 Å². The number of guanidine groups is 1. The number of benzene rings is 2. The number of unbranched alkanes of at least 4 members (excludes halogenated alkanes) is 1. The van der Waals surface area contributed by atoms with Crippen LogP contribution >= 0.6 is 0 Å². The molecule has 2 aromatic carbocycles. The number of aromatic nitrogens is 2. The lowest BCUT2D eigenvalue weighted by molar-refractivity contribution is 0.415. The minimum Gasteiger partial charge on any atom is -0.495 e. The van der Waals surface area contributed by atoms with Crippen molar-refractivity contribution >= 4 is 28.5 Å². The van der Waals surface area contributed by atoms with Crippen molar-refractivity contribution in [1.29, 1.82) is 0 Å². The molecule has 4 aromatic rings. The van der Waals surface area contributed by atoms with Gasteiger partial charge in [-0.25, -0.2) is 4.90 Å². The second-order valence-corrected chi connectivity index (χ2v) is 7.27. The number of rotatable bonds is 8. The molecule has 0 aliphatic rings. The largest absolute Gasteiger partial charge is 0.495 e. The Morgan fingerprint density at radius 2 is 2.03 bits per heavy atom. The molecule has 160 valence electrons. The summed E-state index contributed by atoms with van der Waals surface area (Å²) < 4.78 is 13.7. The first-order valence-corrected chi connectivity index (χ1v) is 10.3. The lowest BCUT2D eigenvalue weighted by Crippen LogP contribution is -2.33. The molecule has 0 saturated heterocycles. The van der Waals surface area contributed by atoms with E-state index in [4.69, 9.17) is 14.9 Å². The third-order valence-corrected chi connectivity index (χ3v) is 5.24. The number of ether oxygens (including phenoxy) is 1. The molecule has 0 aliphatic carbocycles. The molecule has 7 nitrogen and oxygen atoms in total. The standard InChI is InChI=1S/C24H27N5O2/c1-26-24(25)29(23-17-19-9-3-4-10-21(19)31-23)20-16-18(11-12-22(20)30-2)8-5-6-14-28-15-7-13-27-28/h3-4,7,9-13,15-17H,5-6,8,14H2,1-2H3,(H2,25,26). The predicted molar refractivity (Wildman–Crippen MR) is 124 cm³/mol. The molecule has 7 heteroatoms. The van der Waals surface area contributed by atoms with Crippen molar-refractivity contribution in [1.82, 2.24) is 9.78 Å². The number of hydrogen-bond acceptors (Lipinski definition) is 4. The summed E-state index contributed by atoms with van der Waals surface area (Å²) >= 11 is 0. The molecular formula is C24H27N5O2. The minimum absolute atomic E-state index is 0.327. The van der Waals surface area contributed by atoms with Crippen molar-refractivity contribution in [3.63, 3.8) is 0 Å². The highest BCUT2D eigenvalue weighted by Gasteiger charge is 2.22. The normalized spacial score (nSPS) is 11.7. The van der Waals surface area contributed by atoms with Gasteiger partial charge in [0.15, 0.2) is 0 Å². The molecule has 0 aliphatic heterocycles. The Morgan fingerprint density at radius 1 is 1.16 bits per heavy atom. The second kappa shape index (κ2) is 9.38. The Kier molecular flexibility index (Phi) is 6.21. The number of furan rings is 1. The maximum absolute atomic E-state index is 6.30. The number of hydrogen-bond donors (Lipinski definition) is 1. The summed E-state index contributed by atoms with van der Waals surface area (Å²) in [6.45, 7) is 0.913. The van der Waals surface area contributed by atoms with Gasteiger partial charge < -0.3 is 14.9 Å². The van der Waals surface area contributed by atoms with E-state index in [2.05, 4.69) is 22.2 Å². The van der Waals surface area contributed by atoms with Gasteiger partial charge >= 0.3 is 0 Å². The molecule has 31 heavy (non-hydrogen) atoms. The average Bonchev–Trinajstić information content (AvgIpc) is 3.46. The van der Waals surface area contributed by atoms with Crippen LogP contribution in [0, 0.1) is 0 Å². The van der Waals surface area contributed by atoms with E-state index in [1.807, 2.05) is 59.5 Å². The molecule has 4 rings (SSSR count). The summed E-state index contributed by atoms with van der Waals surface area (Å²) in [4.78, 5) is 6.01. The molecule has 0 saturated carbocycles. The van der Waals surface area contributed by atoms with Crippen LogP contribution in [0.2, 0.25) is 0 Å². The highest BCUT2D eigenvalue weighted by molar-refractivity contribution is 6.03. The molecule has 0 fully saturated rings. The first-order valence-electron chi connectivity index (χ1n) is 10.3. The maximum atomic E-state index is 6.30. The Bertz CT molecular complexity index is 1130. The number of aliphatic imine (C=N–C) groups is 1. The predicted octanol–water partition coefficient (Wildman–Crippen LogP) is 4.74. The zero-order valence-electron chi connectivity index (χ0n) is 17.9. The monoisotopic (exact) mass is 417 g/mol. The Labute approximate surface area is 181 Å². The number of nitrogens with two attached hydrogens (primary N) is 1. The van der Waals surface area contributed by atoms with Gasteiger partial charge in [0.1, 0.15) is 11.3 Å². The van der Waals surface area contributed by atoms with Crippen molar-refractivity contribution in [2.75, 3.05) is 19.1 Å². The SMILES string of the molecule is CN=C(N)N(c1cc2ccccc2o1)c1cc(CCCCn2cccn2)ccc1OC. The van der Waals surface area contributed by atoms with E-state index in [9.17, 15) is 0 Å². The van der Waals surface area contributed by atoms with Crippen LogP contribution in [0.4, 0.5) is 11.6 Å². The molecule has 0 bridgehead atoms. The summed E-state index contributed by atoms with van der Waals surface area (Å²) in [7, 11) is 3.31. The molecule has 0 amide bonds. The fraction of sp³-hybridized carbons (Fsp3) is 0.250. The fourth-order valence-corrected chi connectivity index (χ4v) is 3.63. The highest BCUT2D eigenvalue weighted by atomic mass is 16.5. The van der Waals surface area contributed by atoms with E-state index >= 15 is 0 Å². The topological polar surface area (TPSA) is 81.8 Å². The van der Waals surface area contributed by atoms with Crippen LogP contribution in [0.15, 0.2) is 76.4 Å². The van der Waals surface area contributed by atoms with Crippen molar-refractivity contribution in [3.8, 4) is 5.75 Å². The van der Waals surface area contributed by atoms with Gasteiger partial charge in [-0.05, 0) is 49.1 Å². The summed E-state index contributed by atoms with van der Waals surface area (Å²) in [6.07, 6.45) is 6.84. The van der Waals surface area contributed by atoms with Gasteiger partial charge in [-0.1, -0.05) is 24.3 Å². The summed E-state index contributed by atoms with van der Waals surface area (Å²) in [5, 5.41) is 5.26. The van der Waals surface area contributed by atoms with Crippen LogP contribution in [0.1, 0.15) is 18.4 Å². The molecule has 0 radical (unpaired) electrons. The van der Waals surface area contributed by atoms with Crippen molar-refractivity contribution in [3.05, 3.63) is 72.6 Å². The molecule has 2 heterocycles. The van der Waals surface area contributed by atoms with Crippen LogP contribution < -0.4 is 15.4 Å². The lowest BCUT2D eigenvalue weighted by atomic mass is 10.1. The van der Waals surface area contributed by atoms with Crippen LogP contribution in [0.25, 0.3) is 11.0 Å². The van der Waals surface area contributed by atoms with Gasteiger partial charge in [-0.2, -0.15) is 5.10 Å². The van der Waals surface area contributed by atoms with E-state index in [1.165, 1.54) is 5.56 Å². The Hall–Kier alpha value is -3.74. The lowest BCUT2D eigenvalue weighted by Gasteiger charge is -2.23. The van der Waals surface area contributed by atoms with Gasteiger partial charge in [0.25, 0.3) is 0 Å². The van der Waals surface area contributed by atoms with Crippen LogP contribution in [0.3, 0.4) is 0 Å². The first kappa shape index (κ1) is 20.5. The number of anilines is 2. The molecule has 2 N–H and O–H groups in total. The number of aryl methyl sites for hydroxylation is 2. The highest BCUT2D eigenvalue weighted by Crippen LogP contribution is 2.37. The smallest absolute Gasteiger partial charge is 0.208 e. The summed E-state index contributed by atoms with van der Waals surface area (Å²) in [6, 6.07) is 17.9. The van der Waals surface area contributed by atoms with Gasteiger partial charge in [-0.15, -0.1) is 0 Å². The minimum atomic E-state index is 0.327. The third-order valence-electron chi connectivity index (χ3n) is 5.24. The average molecular weight is 418 g/mol. The van der Waals surface area contributed by atoms with Gasteiger partial charge in [0, 0.05) is 37.4 Å². The number of nitrogens with zero attached hydrogens (tertiary/aromatic N) is 4. The molecule has 0 unspecified atom stereocenters. The number of para-hydroxylation sites is 1. The van der Waals surface area contributed by atoms with Crippen LogP contribution in [-0.2, 0) is 13.0 Å². The zero-order chi connectivity index (χ0) is 21.6. The quantitative estimate of drug-likeness (QED) is 0.254. The Balaban J connectivity index is 1.61. The van der Waals surface area contributed by atoms with Gasteiger partial charge in [-0.3, -0.25) is 9.67 Å². The summed E-state index contributed by atoms with van der Waals surface area (Å²) in [5.74, 6) is 1.62. The van der Waals surface area contributed by atoms with E-state index in [0.29, 0.717) is 17.6 Å². The van der Waals surface area contributed by atoms with E-state index in [0.717, 1.165) is 42.5 Å². The van der Waals surface area contributed by atoms with E-state index in [-0.39, 0.29) is 0 Å². The van der Waals surface area contributed by atoms with E-state index in [1.54, 1.807) is 19.1 Å². The second-order valence-electron chi connectivity index (χ2n) is 7.27. The molecule has 0 atom stereocenters. The fourth-order valence-electron chi connectivity index (χ4n) is 3.63. The number of methoxy groups -OCH3 is 1. The summed E-state index contributed by atoms with van der Waals surface area (Å²) in [5.41, 5.74) is 9.09. The van der Waals surface area contributed by atoms with Crippen molar-refractivity contribution < 1.29 is 9.15 Å². The Morgan fingerprint density at radius 3 is 2.77 bits per heavy atom. The van der Waals surface area contributed by atoms with Gasteiger partial charge in [0.2, 0.25) is 11.8 Å². The van der Waals surface area contributed by atoms with Crippen LogP contribution in [-0.4, -0.2) is 29.9 Å².